The average molecular weight is 453 g/mol. The Labute approximate surface area is 167 Å². The first-order chi connectivity index (χ1) is 12.7. The molecular formula is C19H21BrN2O4S. The lowest BCUT2D eigenvalue weighted by Gasteiger charge is -2.18. The molecule has 6 nitrogen and oxygen atoms in total. The first-order valence-electron chi connectivity index (χ1n) is 8.45. The topological polar surface area (TPSA) is 66.9 Å². The molecule has 0 unspecified atom stereocenters. The van der Waals surface area contributed by atoms with Crippen LogP contribution in [0.2, 0.25) is 0 Å². The molecule has 0 aliphatic carbocycles. The minimum Gasteiger partial charge on any atom is -0.483 e. The summed E-state index contributed by atoms with van der Waals surface area (Å²) in [7, 11) is -0.526. The van der Waals surface area contributed by atoms with Crippen LogP contribution in [0.1, 0.15) is 11.1 Å². The monoisotopic (exact) mass is 452 g/mol. The number of anilines is 1. The fourth-order valence-corrected chi connectivity index (χ4v) is 4.40. The van der Waals surface area contributed by atoms with E-state index in [2.05, 4.69) is 15.9 Å². The second-order valence-corrected chi connectivity index (χ2v) is 9.64. The van der Waals surface area contributed by atoms with Gasteiger partial charge >= 0.3 is 0 Å². The molecular weight excluding hydrogens is 432 g/mol. The number of ether oxygens (including phenoxy) is 1. The Morgan fingerprint density at radius 3 is 2.63 bits per heavy atom. The van der Waals surface area contributed by atoms with E-state index in [4.69, 9.17) is 4.74 Å². The van der Waals surface area contributed by atoms with Gasteiger partial charge in [-0.15, -0.1) is 0 Å². The van der Waals surface area contributed by atoms with Gasteiger partial charge in [-0.1, -0.05) is 15.9 Å². The summed E-state index contributed by atoms with van der Waals surface area (Å²) in [5.41, 5.74) is 2.71. The van der Waals surface area contributed by atoms with Gasteiger partial charge in [0.15, 0.2) is 6.61 Å². The Balaban J connectivity index is 1.70. The molecule has 0 aromatic heterocycles. The summed E-state index contributed by atoms with van der Waals surface area (Å²) in [5, 5.41) is 0. The molecule has 0 N–H and O–H groups in total. The second-order valence-electron chi connectivity index (χ2n) is 6.57. The third-order valence-corrected chi connectivity index (χ3v) is 6.82. The van der Waals surface area contributed by atoms with Crippen molar-refractivity contribution in [2.75, 3.05) is 32.1 Å². The number of aryl methyl sites for hydroxylation is 1. The molecule has 1 aliphatic heterocycles. The lowest BCUT2D eigenvalue weighted by atomic mass is 10.2. The number of hydrogen-bond acceptors (Lipinski definition) is 4. The Morgan fingerprint density at radius 1 is 1.22 bits per heavy atom. The van der Waals surface area contributed by atoms with Crippen molar-refractivity contribution >= 4 is 37.5 Å². The van der Waals surface area contributed by atoms with E-state index in [-0.39, 0.29) is 17.4 Å². The molecule has 1 heterocycles. The number of halogens is 1. The molecule has 0 atom stereocenters. The minimum absolute atomic E-state index is 0.101. The highest BCUT2D eigenvalue weighted by atomic mass is 79.9. The zero-order chi connectivity index (χ0) is 19.8. The van der Waals surface area contributed by atoms with Crippen molar-refractivity contribution in [1.82, 2.24) is 4.31 Å². The van der Waals surface area contributed by atoms with Crippen molar-refractivity contribution in [2.24, 2.45) is 0 Å². The van der Waals surface area contributed by atoms with Gasteiger partial charge in [0.25, 0.3) is 5.91 Å². The molecule has 0 bridgehead atoms. The second kappa shape index (κ2) is 7.61. The van der Waals surface area contributed by atoms with Gasteiger partial charge in [-0.25, -0.2) is 12.7 Å². The van der Waals surface area contributed by atoms with Crippen LogP contribution in [-0.4, -0.2) is 45.9 Å². The smallest absolute Gasteiger partial charge is 0.264 e. The number of carbonyl (C=O) groups is 1. The molecule has 0 saturated heterocycles. The Kier molecular flexibility index (Phi) is 5.60. The van der Waals surface area contributed by atoms with Crippen LogP contribution in [0.4, 0.5) is 5.69 Å². The quantitative estimate of drug-likeness (QED) is 0.699. The molecule has 8 heteroatoms. The summed E-state index contributed by atoms with van der Waals surface area (Å²) in [6.45, 7) is 2.29. The highest BCUT2D eigenvalue weighted by Gasteiger charge is 2.25. The molecule has 0 fully saturated rings. The summed E-state index contributed by atoms with van der Waals surface area (Å²) in [5.74, 6) is 0.372. The van der Waals surface area contributed by atoms with E-state index in [0.29, 0.717) is 17.9 Å². The number of hydrogen-bond donors (Lipinski definition) is 0. The van der Waals surface area contributed by atoms with Crippen LogP contribution < -0.4 is 9.64 Å². The summed E-state index contributed by atoms with van der Waals surface area (Å²) >= 11 is 3.45. The average Bonchev–Trinajstić information content (AvgIpc) is 3.03. The van der Waals surface area contributed by atoms with E-state index < -0.39 is 10.0 Å². The number of benzene rings is 2. The van der Waals surface area contributed by atoms with Gasteiger partial charge in [0.1, 0.15) is 5.75 Å². The third-order valence-electron chi connectivity index (χ3n) is 4.51. The number of nitrogens with zero attached hydrogens (tertiary/aromatic N) is 2. The number of rotatable bonds is 5. The molecule has 3 rings (SSSR count). The highest BCUT2D eigenvalue weighted by Crippen LogP contribution is 2.31. The van der Waals surface area contributed by atoms with Gasteiger partial charge in [0.2, 0.25) is 10.0 Å². The van der Waals surface area contributed by atoms with Crippen LogP contribution in [-0.2, 0) is 21.2 Å². The van der Waals surface area contributed by atoms with Crippen molar-refractivity contribution in [3.63, 3.8) is 0 Å². The van der Waals surface area contributed by atoms with Gasteiger partial charge in [0.05, 0.1) is 4.90 Å². The lowest BCUT2D eigenvalue weighted by molar-refractivity contribution is -0.120. The van der Waals surface area contributed by atoms with E-state index in [1.807, 2.05) is 18.2 Å². The van der Waals surface area contributed by atoms with Gasteiger partial charge in [-0.2, -0.15) is 0 Å². The van der Waals surface area contributed by atoms with Gasteiger partial charge in [-0.3, -0.25) is 4.79 Å². The number of fused-ring (bicyclic) bond motifs is 1. The van der Waals surface area contributed by atoms with Gasteiger partial charge in [-0.05, 0) is 60.9 Å². The standard InChI is InChI=1S/C19H21BrN2O4S/c1-13-10-16(27(24,25)21(2)3)5-7-18(13)26-12-19(23)22-9-8-14-11-15(20)4-6-17(14)22/h4-7,10-11H,8-9,12H2,1-3H3. The SMILES string of the molecule is Cc1cc(S(=O)(=O)N(C)C)ccc1OCC(=O)N1CCc2cc(Br)ccc21. The van der Waals surface area contributed by atoms with E-state index in [9.17, 15) is 13.2 Å². The minimum atomic E-state index is -3.50. The number of carbonyl (C=O) groups excluding carboxylic acids is 1. The molecule has 27 heavy (non-hydrogen) atoms. The summed E-state index contributed by atoms with van der Waals surface area (Å²) in [6.07, 6.45) is 0.816. The van der Waals surface area contributed by atoms with Crippen molar-refractivity contribution in [2.45, 2.75) is 18.2 Å². The summed E-state index contributed by atoms with van der Waals surface area (Å²) in [6, 6.07) is 10.5. The van der Waals surface area contributed by atoms with Crippen LogP contribution in [0.25, 0.3) is 0 Å². The molecule has 2 aromatic rings. The van der Waals surface area contributed by atoms with Crippen LogP contribution in [0.5, 0.6) is 5.75 Å². The maximum atomic E-state index is 12.6. The van der Waals surface area contributed by atoms with Crippen molar-refractivity contribution in [3.8, 4) is 5.75 Å². The largest absolute Gasteiger partial charge is 0.483 e. The van der Waals surface area contributed by atoms with E-state index in [1.165, 1.54) is 20.2 Å². The molecule has 1 aliphatic rings. The molecule has 144 valence electrons. The highest BCUT2D eigenvalue weighted by molar-refractivity contribution is 9.10. The first kappa shape index (κ1) is 19.9. The van der Waals surface area contributed by atoms with Crippen LogP contribution in [0, 0.1) is 6.92 Å². The van der Waals surface area contributed by atoms with Crippen molar-refractivity contribution in [1.29, 1.82) is 0 Å². The van der Waals surface area contributed by atoms with Crippen molar-refractivity contribution in [3.05, 3.63) is 52.0 Å². The van der Waals surface area contributed by atoms with E-state index in [0.717, 1.165) is 26.4 Å². The normalized spacial score (nSPS) is 13.7. The number of amides is 1. The summed E-state index contributed by atoms with van der Waals surface area (Å²) in [4.78, 5) is 14.5. The summed E-state index contributed by atoms with van der Waals surface area (Å²) < 4.78 is 32.2. The van der Waals surface area contributed by atoms with E-state index in [1.54, 1.807) is 24.0 Å². The predicted octanol–water partition coefficient (Wildman–Crippen LogP) is 2.98. The fraction of sp³-hybridized carbons (Fsp3) is 0.316. The lowest BCUT2D eigenvalue weighted by Crippen LogP contribution is -2.33. The fourth-order valence-electron chi connectivity index (χ4n) is 3.00. The Bertz CT molecular complexity index is 989. The maximum absolute atomic E-state index is 12.6. The van der Waals surface area contributed by atoms with Crippen LogP contribution >= 0.6 is 15.9 Å². The molecule has 2 aromatic carbocycles. The van der Waals surface area contributed by atoms with E-state index >= 15 is 0 Å². The Morgan fingerprint density at radius 2 is 1.96 bits per heavy atom. The van der Waals surface area contributed by atoms with Gasteiger partial charge in [0, 0.05) is 30.8 Å². The zero-order valence-corrected chi connectivity index (χ0v) is 17.8. The third kappa shape index (κ3) is 4.02. The molecule has 1 amide bonds. The molecule has 0 saturated carbocycles. The predicted molar refractivity (Wildman–Crippen MR) is 108 cm³/mol. The van der Waals surface area contributed by atoms with Crippen LogP contribution in [0.15, 0.2) is 45.8 Å². The number of sulfonamides is 1. The zero-order valence-electron chi connectivity index (χ0n) is 15.4. The van der Waals surface area contributed by atoms with Crippen molar-refractivity contribution < 1.29 is 17.9 Å². The first-order valence-corrected chi connectivity index (χ1v) is 10.7. The van der Waals surface area contributed by atoms with Gasteiger partial charge < -0.3 is 9.64 Å². The maximum Gasteiger partial charge on any atom is 0.264 e. The molecule has 0 radical (unpaired) electrons. The van der Waals surface area contributed by atoms with Crippen LogP contribution in [0.3, 0.4) is 0 Å². The Hall–Kier alpha value is -1.90. The molecule has 0 spiro atoms.